The first-order valence-electron chi connectivity index (χ1n) is 7.24. The highest BCUT2D eigenvalue weighted by Crippen LogP contribution is 2.40. The van der Waals surface area contributed by atoms with E-state index in [1.807, 2.05) is 0 Å². The number of ether oxygens (including phenoxy) is 2. The lowest BCUT2D eigenvalue weighted by Crippen LogP contribution is -2.23. The van der Waals surface area contributed by atoms with E-state index in [1.165, 1.54) is 5.06 Å². The van der Waals surface area contributed by atoms with Gasteiger partial charge in [-0.3, -0.25) is 0 Å². The number of carbonyl (C=O) groups excluding carboxylic acids is 2. The SMILES string of the molecule is CCOC(=O)C1=C(C(=O)OCC)C(c2ccccc2Cl)N(C)O1. The van der Waals surface area contributed by atoms with Crippen molar-refractivity contribution in [2.75, 3.05) is 20.3 Å². The molecule has 2 rings (SSSR count). The number of hydroxylamine groups is 2. The van der Waals surface area contributed by atoms with Crippen molar-refractivity contribution < 1.29 is 23.9 Å². The van der Waals surface area contributed by atoms with Crippen molar-refractivity contribution in [2.24, 2.45) is 0 Å². The number of esters is 2. The van der Waals surface area contributed by atoms with Crippen molar-refractivity contribution in [1.29, 1.82) is 0 Å². The molecule has 1 atom stereocenters. The van der Waals surface area contributed by atoms with E-state index in [2.05, 4.69) is 0 Å². The highest BCUT2D eigenvalue weighted by atomic mass is 35.5. The minimum Gasteiger partial charge on any atom is -0.462 e. The zero-order chi connectivity index (χ0) is 17.0. The topological polar surface area (TPSA) is 65.1 Å². The molecule has 0 aromatic heterocycles. The summed E-state index contributed by atoms with van der Waals surface area (Å²) in [5, 5.41) is 1.85. The first-order chi connectivity index (χ1) is 11.0. The second kappa shape index (κ2) is 7.48. The molecule has 0 saturated carbocycles. The minimum atomic E-state index is -0.711. The smallest absolute Gasteiger partial charge is 0.376 e. The fourth-order valence-electron chi connectivity index (χ4n) is 2.36. The van der Waals surface area contributed by atoms with Crippen molar-refractivity contribution in [3.63, 3.8) is 0 Å². The van der Waals surface area contributed by atoms with Gasteiger partial charge in [0.25, 0.3) is 0 Å². The van der Waals surface area contributed by atoms with Crippen LogP contribution in [0.25, 0.3) is 0 Å². The van der Waals surface area contributed by atoms with Crippen LogP contribution in [0.2, 0.25) is 5.02 Å². The lowest BCUT2D eigenvalue weighted by molar-refractivity contribution is -0.154. The maximum Gasteiger partial charge on any atom is 0.376 e. The largest absolute Gasteiger partial charge is 0.462 e. The molecule has 1 aliphatic rings. The van der Waals surface area contributed by atoms with E-state index in [9.17, 15) is 9.59 Å². The van der Waals surface area contributed by atoms with Crippen molar-refractivity contribution in [3.05, 3.63) is 46.2 Å². The fourth-order valence-corrected chi connectivity index (χ4v) is 2.60. The van der Waals surface area contributed by atoms with Gasteiger partial charge in [0.1, 0.15) is 11.6 Å². The van der Waals surface area contributed by atoms with Crippen LogP contribution < -0.4 is 0 Å². The number of carbonyl (C=O) groups is 2. The maximum atomic E-state index is 12.4. The van der Waals surface area contributed by atoms with Gasteiger partial charge in [-0.05, 0) is 25.5 Å². The van der Waals surface area contributed by atoms with E-state index in [0.717, 1.165) is 0 Å². The average Bonchev–Trinajstić information content (AvgIpc) is 2.86. The summed E-state index contributed by atoms with van der Waals surface area (Å²) in [6, 6.07) is 6.39. The summed E-state index contributed by atoms with van der Waals surface area (Å²) in [5.41, 5.74) is 0.722. The van der Waals surface area contributed by atoms with E-state index in [4.69, 9.17) is 25.9 Å². The molecule has 6 nitrogen and oxygen atoms in total. The van der Waals surface area contributed by atoms with E-state index in [1.54, 1.807) is 45.2 Å². The first kappa shape index (κ1) is 17.3. The number of nitrogens with zero attached hydrogens (tertiary/aromatic N) is 1. The van der Waals surface area contributed by atoms with Gasteiger partial charge in [-0.1, -0.05) is 29.8 Å². The highest BCUT2D eigenvalue weighted by Gasteiger charge is 2.43. The number of rotatable bonds is 5. The Morgan fingerprint density at radius 2 is 1.78 bits per heavy atom. The van der Waals surface area contributed by atoms with Gasteiger partial charge in [-0.15, -0.1) is 5.06 Å². The Morgan fingerprint density at radius 1 is 1.17 bits per heavy atom. The number of hydrogen-bond acceptors (Lipinski definition) is 6. The van der Waals surface area contributed by atoms with Crippen LogP contribution in [0.3, 0.4) is 0 Å². The van der Waals surface area contributed by atoms with E-state index < -0.39 is 18.0 Å². The Bertz CT molecular complexity index is 643. The van der Waals surface area contributed by atoms with Gasteiger partial charge in [0, 0.05) is 12.1 Å². The molecule has 1 aliphatic heterocycles. The Hall–Kier alpha value is -2.05. The molecule has 0 radical (unpaired) electrons. The summed E-state index contributed by atoms with van der Waals surface area (Å²) in [7, 11) is 1.61. The maximum absolute atomic E-state index is 12.4. The van der Waals surface area contributed by atoms with Crippen molar-refractivity contribution in [3.8, 4) is 0 Å². The summed E-state index contributed by atoms with van der Waals surface area (Å²) in [6.45, 7) is 3.71. The van der Waals surface area contributed by atoms with E-state index in [-0.39, 0.29) is 24.5 Å². The molecule has 1 aromatic rings. The Morgan fingerprint density at radius 3 is 2.39 bits per heavy atom. The summed E-state index contributed by atoms with van der Waals surface area (Å²) >= 11 is 6.23. The van der Waals surface area contributed by atoms with Crippen LogP contribution in [0, 0.1) is 0 Å². The molecule has 0 aliphatic carbocycles. The third kappa shape index (κ3) is 3.48. The number of hydrogen-bond donors (Lipinski definition) is 0. The molecule has 0 spiro atoms. The van der Waals surface area contributed by atoms with Crippen LogP contribution in [-0.4, -0.2) is 37.3 Å². The van der Waals surface area contributed by atoms with Crippen molar-refractivity contribution in [2.45, 2.75) is 19.9 Å². The molecular formula is C16H18ClNO5. The molecular weight excluding hydrogens is 322 g/mol. The van der Waals surface area contributed by atoms with E-state index in [0.29, 0.717) is 10.6 Å². The Labute approximate surface area is 139 Å². The van der Waals surface area contributed by atoms with Crippen molar-refractivity contribution >= 4 is 23.5 Å². The van der Waals surface area contributed by atoms with E-state index >= 15 is 0 Å². The second-order valence-electron chi connectivity index (χ2n) is 4.75. The standard InChI is InChI=1S/C16H18ClNO5/c1-4-21-15(19)12-13(10-8-6-7-9-11(10)17)18(3)23-14(12)16(20)22-5-2/h6-9,13H,4-5H2,1-3H3. The van der Waals surface area contributed by atoms with Crippen molar-refractivity contribution in [1.82, 2.24) is 5.06 Å². The predicted octanol–water partition coefficient (Wildman–Crippen LogP) is 2.64. The normalized spacial score (nSPS) is 17.8. The highest BCUT2D eigenvalue weighted by molar-refractivity contribution is 6.31. The summed E-state index contributed by atoms with van der Waals surface area (Å²) in [4.78, 5) is 29.9. The van der Waals surface area contributed by atoms with Gasteiger partial charge < -0.3 is 14.3 Å². The first-order valence-corrected chi connectivity index (χ1v) is 7.62. The van der Waals surface area contributed by atoms with Crippen LogP contribution in [0.15, 0.2) is 35.6 Å². The van der Waals surface area contributed by atoms with Crippen LogP contribution >= 0.6 is 11.6 Å². The molecule has 0 amide bonds. The quantitative estimate of drug-likeness (QED) is 0.768. The zero-order valence-corrected chi connectivity index (χ0v) is 13.9. The summed E-state index contributed by atoms with van der Waals surface area (Å²) < 4.78 is 10.0. The summed E-state index contributed by atoms with van der Waals surface area (Å²) in [6.07, 6.45) is 0. The lowest BCUT2D eigenvalue weighted by atomic mass is 9.98. The van der Waals surface area contributed by atoms with Gasteiger partial charge in [0.05, 0.1) is 13.2 Å². The third-order valence-electron chi connectivity index (χ3n) is 3.27. The third-order valence-corrected chi connectivity index (χ3v) is 3.62. The van der Waals surface area contributed by atoms with Gasteiger partial charge in [0.15, 0.2) is 0 Å². The van der Waals surface area contributed by atoms with Crippen LogP contribution in [0.1, 0.15) is 25.5 Å². The molecule has 23 heavy (non-hydrogen) atoms. The number of likely N-dealkylation sites (N-methyl/N-ethyl adjacent to an activating group) is 1. The average molecular weight is 340 g/mol. The van der Waals surface area contributed by atoms with Gasteiger partial charge >= 0.3 is 11.9 Å². The predicted molar refractivity (Wildman–Crippen MR) is 83.3 cm³/mol. The van der Waals surface area contributed by atoms with Crippen LogP contribution in [0.5, 0.6) is 0 Å². The summed E-state index contributed by atoms with van der Waals surface area (Å²) in [5.74, 6) is -1.51. The van der Waals surface area contributed by atoms with Crippen LogP contribution in [0.4, 0.5) is 0 Å². The molecule has 0 bridgehead atoms. The minimum absolute atomic E-state index is 0.0842. The molecule has 0 fully saturated rings. The second-order valence-corrected chi connectivity index (χ2v) is 5.15. The molecule has 0 N–H and O–H groups in total. The number of benzene rings is 1. The van der Waals surface area contributed by atoms with Gasteiger partial charge in [0.2, 0.25) is 5.76 Å². The van der Waals surface area contributed by atoms with Gasteiger partial charge in [-0.2, -0.15) is 0 Å². The molecule has 0 saturated heterocycles. The molecule has 1 heterocycles. The Balaban J connectivity index is 2.53. The zero-order valence-electron chi connectivity index (χ0n) is 13.2. The monoisotopic (exact) mass is 339 g/mol. The molecule has 7 heteroatoms. The Kier molecular flexibility index (Phi) is 5.63. The number of halogens is 1. The fraction of sp³-hybridized carbons (Fsp3) is 0.375. The molecule has 1 aromatic carbocycles. The van der Waals surface area contributed by atoms with Crippen LogP contribution in [-0.2, 0) is 23.9 Å². The lowest BCUT2D eigenvalue weighted by Gasteiger charge is -2.20. The van der Waals surface area contributed by atoms with Gasteiger partial charge in [-0.25, -0.2) is 9.59 Å². The molecule has 124 valence electrons. The molecule has 1 unspecified atom stereocenters.